The summed E-state index contributed by atoms with van der Waals surface area (Å²) in [6, 6.07) is 33.2. The van der Waals surface area contributed by atoms with Gasteiger partial charge in [0.2, 0.25) is 0 Å². The molecule has 0 saturated heterocycles. The number of hydrogen-bond donors (Lipinski definition) is 1. The van der Waals surface area contributed by atoms with Crippen LogP contribution in [0.3, 0.4) is 0 Å². The molecule has 5 aromatic rings. The summed E-state index contributed by atoms with van der Waals surface area (Å²) >= 11 is 3.66. The summed E-state index contributed by atoms with van der Waals surface area (Å²) in [5, 5.41) is 17.1. The Kier molecular flexibility index (Phi) is 3.53. The van der Waals surface area contributed by atoms with Crippen molar-refractivity contribution in [1.29, 1.82) is 0 Å². The Morgan fingerprint density at radius 1 is 0.586 bits per heavy atom. The van der Waals surface area contributed by atoms with Crippen LogP contribution in [-0.4, -0.2) is 5.11 Å². The van der Waals surface area contributed by atoms with Crippen molar-refractivity contribution in [1.82, 2.24) is 0 Å². The number of aliphatic hydroxyl groups is 1. The number of benzene rings is 5. The Labute approximate surface area is 177 Å². The van der Waals surface area contributed by atoms with Gasteiger partial charge < -0.3 is 5.11 Å². The molecule has 1 aliphatic carbocycles. The lowest BCUT2D eigenvalue weighted by atomic mass is 9.80. The van der Waals surface area contributed by atoms with Crippen LogP contribution in [0.25, 0.3) is 32.7 Å². The highest BCUT2D eigenvalue weighted by Crippen LogP contribution is 2.53. The quantitative estimate of drug-likeness (QED) is 0.294. The SMILES string of the molecule is OC1(c2ccccc2-c2ccccc2)c2cccc3ccc4cc(Br)cc1c4c23. The Bertz CT molecular complexity index is 1420. The molecule has 1 N–H and O–H groups in total. The molecule has 0 aromatic heterocycles. The molecule has 5 aromatic carbocycles. The fraction of sp³-hybridized carbons (Fsp3) is 0.0370. The van der Waals surface area contributed by atoms with E-state index in [4.69, 9.17) is 0 Å². The molecular weight excluding hydrogens is 420 g/mol. The highest BCUT2D eigenvalue weighted by Gasteiger charge is 2.43. The van der Waals surface area contributed by atoms with Gasteiger partial charge in [-0.1, -0.05) is 101 Å². The summed E-state index contributed by atoms with van der Waals surface area (Å²) in [4.78, 5) is 0. The van der Waals surface area contributed by atoms with Gasteiger partial charge in [-0.2, -0.15) is 0 Å². The van der Waals surface area contributed by atoms with E-state index >= 15 is 0 Å². The third-order valence-corrected chi connectivity index (χ3v) is 6.56. The molecule has 1 nitrogen and oxygen atoms in total. The van der Waals surface area contributed by atoms with E-state index in [-0.39, 0.29) is 0 Å². The zero-order chi connectivity index (χ0) is 19.6. The van der Waals surface area contributed by atoms with Crippen LogP contribution in [0.5, 0.6) is 0 Å². The molecule has 0 heterocycles. The summed E-state index contributed by atoms with van der Waals surface area (Å²) < 4.78 is 0.975. The molecule has 0 saturated carbocycles. The van der Waals surface area contributed by atoms with Crippen molar-refractivity contribution in [2.45, 2.75) is 5.60 Å². The van der Waals surface area contributed by atoms with Crippen molar-refractivity contribution in [2.75, 3.05) is 0 Å². The molecule has 1 unspecified atom stereocenters. The minimum Gasteiger partial charge on any atom is -0.376 e. The molecule has 0 radical (unpaired) electrons. The minimum absolute atomic E-state index is 0.911. The third-order valence-electron chi connectivity index (χ3n) is 6.10. The molecule has 138 valence electrons. The van der Waals surface area contributed by atoms with E-state index in [9.17, 15) is 5.11 Å². The van der Waals surface area contributed by atoms with E-state index in [1.54, 1.807) is 0 Å². The zero-order valence-electron chi connectivity index (χ0n) is 15.6. The van der Waals surface area contributed by atoms with E-state index < -0.39 is 5.60 Å². The average molecular weight is 437 g/mol. The van der Waals surface area contributed by atoms with Crippen molar-refractivity contribution in [2.24, 2.45) is 0 Å². The highest BCUT2D eigenvalue weighted by molar-refractivity contribution is 9.10. The first-order chi connectivity index (χ1) is 14.2. The number of rotatable bonds is 2. The lowest BCUT2D eigenvalue weighted by Crippen LogP contribution is -2.27. The first-order valence-corrected chi connectivity index (χ1v) is 10.5. The summed E-state index contributed by atoms with van der Waals surface area (Å²) in [5.41, 5.74) is 3.75. The lowest BCUT2D eigenvalue weighted by molar-refractivity contribution is 0.132. The first-order valence-electron chi connectivity index (χ1n) is 9.71. The van der Waals surface area contributed by atoms with E-state index in [0.29, 0.717) is 0 Å². The molecule has 0 bridgehead atoms. The maximum atomic E-state index is 12.5. The van der Waals surface area contributed by atoms with Gasteiger partial charge in [-0.05, 0) is 44.8 Å². The smallest absolute Gasteiger partial charge is 0.142 e. The molecule has 6 rings (SSSR count). The molecule has 0 amide bonds. The Hall–Kier alpha value is -2.94. The Balaban J connectivity index is 1.77. The van der Waals surface area contributed by atoms with Gasteiger partial charge >= 0.3 is 0 Å². The van der Waals surface area contributed by atoms with Crippen LogP contribution in [0.15, 0.2) is 102 Å². The van der Waals surface area contributed by atoms with Crippen LogP contribution in [0.4, 0.5) is 0 Å². The van der Waals surface area contributed by atoms with Crippen LogP contribution >= 0.6 is 15.9 Å². The highest BCUT2D eigenvalue weighted by atomic mass is 79.9. The van der Waals surface area contributed by atoms with Crippen LogP contribution in [-0.2, 0) is 5.60 Å². The van der Waals surface area contributed by atoms with Gasteiger partial charge in [0.1, 0.15) is 5.60 Å². The predicted octanol–water partition coefficient (Wildman–Crippen LogP) is 7.02. The van der Waals surface area contributed by atoms with Crippen LogP contribution in [0.2, 0.25) is 0 Å². The fourth-order valence-corrected chi connectivity index (χ4v) is 5.37. The van der Waals surface area contributed by atoms with Crippen molar-refractivity contribution < 1.29 is 5.11 Å². The number of halogens is 1. The predicted molar refractivity (Wildman–Crippen MR) is 123 cm³/mol. The first kappa shape index (κ1) is 17.0. The minimum atomic E-state index is -1.21. The van der Waals surface area contributed by atoms with E-state index in [0.717, 1.165) is 53.8 Å². The normalized spacial score (nSPS) is 17.4. The van der Waals surface area contributed by atoms with E-state index in [1.165, 1.54) is 0 Å². The van der Waals surface area contributed by atoms with Crippen LogP contribution in [0.1, 0.15) is 16.7 Å². The van der Waals surface area contributed by atoms with Gasteiger partial charge in [-0.15, -0.1) is 0 Å². The topological polar surface area (TPSA) is 20.2 Å². The second kappa shape index (κ2) is 6.03. The second-order valence-corrected chi connectivity index (χ2v) is 8.56. The largest absolute Gasteiger partial charge is 0.376 e. The molecule has 0 aliphatic heterocycles. The van der Waals surface area contributed by atoms with Crippen LogP contribution in [0, 0.1) is 0 Å². The summed E-state index contributed by atoms with van der Waals surface area (Å²) in [5.74, 6) is 0. The van der Waals surface area contributed by atoms with E-state index in [2.05, 4.69) is 76.6 Å². The summed E-state index contributed by atoms with van der Waals surface area (Å²) in [6.07, 6.45) is 0. The molecule has 0 spiro atoms. The molecule has 1 atom stereocenters. The van der Waals surface area contributed by atoms with Crippen LogP contribution < -0.4 is 0 Å². The molecular formula is C27H17BrO. The molecule has 2 heteroatoms. The maximum absolute atomic E-state index is 12.5. The molecule has 29 heavy (non-hydrogen) atoms. The standard InChI is InChI=1S/C27H17BrO/c28-20-15-19-14-13-18-9-6-12-23-25(18)26(19)24(16-20)27(23,29)22-11-5-4-10-21(22)17-7-2-1-3-8-17/h1-16,29H. The second-order valence-electron chi connectivity index (χ2n) is 7.64. The fourth-order valence-electron chi connectivity index (χ4n) is 4.90. The molecule has 1 aliphatic rings. The third kappa shape index (κ3) is 2.24. The van der Waals surface area contributed by atoms with Gasteiger partial charge in [-0.25, -0.2) is 0 Å². The Morgan fingerprint density at radius 3 is 2.14 bits per heavy atom. The van der Waals surface area contributed by atoms with Gasteiger partial charge in [0.05, 0.1) is 0 Å². The van der Waals surface area contributed by atoms with Crippen molar-refractivity contribution >= 4 is 37.5 Å². The van der Waals surface area contributed by atoms with Crippen molar-refractivity contribution in [3.8, 4) is 11.1 Å². The maximum Gasteiger partial charge on any atom is 0.142 e. The van der Waals surface area contributed by atoms with Crippen molar-refractivity contribution in [3.05, 3.63) is 118 Å². The monoisotopic (exact) mass is 436 g/mol. The van der Waals surface area contributed by atoms with Gasteiger partial charge in [0.15, 0.2) is 0 Å². The summed E-state index contributed by atoms with van der Waals surface area (Å²) in [7, 11) is 0. The van der Waals surface area contributed by atoms with Crippen molar-refractivity contribution in [3.63, 3.8) is 0 Å². The van der Waals surface area contributed by atoms with Gasteiger partial charge in [0.25, 0.3) is 0 Å². The average Bonchev–Trinajstić information content (AvgIpc) is 3.03. The lowest BCUT2D eigenvalue weighted by Gasteiger charge is -2.29. The Morgan fingerprint density at radius 2 is 1.28 bits per heavy atom. The van der Waals surface area contributed by atoms with E-state index in [1.807, 2.05) is 36.4 Å². The number of hydrogen-bond acceptors (Lipinski definition) is 1. The van der Waals surface area contributed by atoms with Gasteiger partial charge in [-0.3, -0.25) is 0 Å². The summed E-state index contributed by atoms with van der Waals surface area (Å²) in [6.45, 7) is 0. The zero-order valence-corrected chi connectivity index (χ0v) is 17.1. The molecule has 0 fully saturated rings. The van der Waals surface area contributed by atoms with Gasteiger partial charge in [0, 0.05) is 21.2 Å².